The molecule has 35 heavy (non-hydrogen) atoms. The zero-order valence-corrected chi connectivity index (χ0v) is 20.9. The lowest BCUT2D eigenvalue weighted by Crippen LogP contribution is -2.31. The Hall–Kier alpha value is -3.04. The maximum atomic E-state index is 12.4. The van der Waals surface area contributed by atoms with Crippen LogP contribution in [0.1, 0.15) is 81.3 Å². The van der Waals surface area contributed by atoms with Crippen LogP contribution in [-0.2, 0) is 22.7 Å². The van der Waals surface area contributed by atoms with Gasteiger partial charge in [0, 0.05) is 29.3 Å². The molecule has 1 aromatic carbocycles. The summed E-state index contributed by atoms with van der Waals surface area (Å²) in [6.07, 6.45) is 6.80. The normalized spacial score (nSPS) is 20.5. The van der Waals surface area contributed by atoms with Crippen molar-refractivity contribution in [2.45, 2.75) is 77.0 Å². The molecule has 0 amide bonds. The molecule has 3 heterocycles. The van der Waals surface area contributed by atoms with E-state index in [1.807, 2.05) is 24.3 Å². The number of hydrogen-bond acceptors (Lipinski definition) is 8. The van der Waals surface area contributed by atoms with Crippen molar-refractivity contribution in [3.05, 3.63) is 64.7 Å². The highest BCUT2D eigenvalue weighted by Crippen LogP contribution is 2.40. The summed E-state index contributed by atoms with van der Waals surface area (Å²) in [5, 5.41) is 11.3. The van der Waals surface area contributed by atoms with E-state index in [4.69, 9.17) is 21.2 Å². The fourth-order valence-corrected chi connectivity index (χ4v) is 5.03. The third kappa shape index (κ3) is 5.31. The molecular weight excluding hydrogens is 468 g/mol. The monoisotopic (exact) mass is 496 g/mol. The van der Waals surface area contributed by atoms with Crippen LogP contribution in [0.25, 0.3) is 5.69 Å². The molecule has 2 aliphatic rings. The molecule has 1 saturated carbocycles. The molecule has 5 rings (SSSR count). The van der Waals surface area contributed by atoms with Crippen LogP contribution in [0.3, 0.4) is 0 Å². The van der Waals surface area contributed by atoms with Gasteiger partial charge in [-0.2, -0.15) is 0 Å². The van der Waals surface area contributed by atoms with Crippen LogP contribution in [0.4, 0.5) is 4.79 Å². The molecule has 0 bridgehead atoms. The number of carbonyl (C=O) groups excluding carboxylic acids is 1. The zero-order valence-electron chi connectivity index (χ0n) is 20.1. The number of benzene rings is 1. The lowest BCUT2D eigenvalue weighted by molar-refractivity contribution is -0.155. The molecule has 1 aliphatic carbocycles. The van der Waals surface area contributed by atoms with Gasteiger partial charge in [-0.1, -0.05) is 11.6 Å². The van der Waals surface area contributed by atoms with Gasteiger partial charge in [-0.05, 0) is 76.3 Å². The minimum absolute atomic E-state index is 0.262. The number of aromatic nitrogens is 5. The first-order chi connectivity index (χ1) is 16.8. The number of carbonyl (C=O) groups is 1. The van der Waals surface area contributed by atoms with E-state index >= 15 is 0 Å². The van der Waals surface area contributed by atoms with Crippen LogP contribution in [0.15, 0.2) is 36.7 Å². The predicted octanol–water partition coefficient (Wildman–Crippen LogP) is 5.33. The van der Waals surface area contributed by atoms with Gasteiger partial charge in [0.2, 0.25) is 0 Å². The highest BCUT2D eigenvalue weighted by atomic mass is 35.5. The maximum Gasteiger partial charge on any atom is 0.528 e. The highest BCUT2D eigenvalue weighted by Gasteiger charge is 2.33. The first-order valence-electron chi connectivity index (χ1n) is 11.9. The average molecular weight is 497 g/mol. The molecule has 1 fully saturated rings. The second-order valence-corrected chi connectivity index (χ2v) is 10.5. The average Bonchev–Trinajstić information content (AvgIpc) is 3.15. The van der Waals surface area contributed by atoms with Crippen LogP contribution in [0.2, 0.25) is 5.02 Å². The van der Waals surface area contributed by atoms with E-state index in [1.54, 1.807) is 38.2 Å². The van der Waals surface area contributed by atoms with Gasteiger partial charge < -0.3 is 9.57 Å². The Morgan fingerprint density at radius 2 is 1.74 bits per heavy atom. The summed E-state index contributed by atoms with van der Waals surface area (Å²) in [5.74, 6) is 3.18. The summed E-state index contributed by atoms with van der Waals surface area (Å²) in [5.41, 5.74) is 1.22. The Bertz CT molecular complexity index is 1200. The summed E-state index contributed by atoms with van der Waals surface area (Å²) in [6, 6.07) is 7.58. The summed E-state index contributed by atoms with van der Waals surface area (Å²) in [7, 11) is 0. The number of halogens is 1. The molecule has 0 spiro atoms. The molecule has 0 atom stereocenters. The summed E-state index contributed by atoms with van der Waals surface area (Å²) < 4.78 is 7.45. The van der Waals surface area contributed by atoms with Crippen molar-refractivity contribution in [2.75, 3.05) is 0 Å². The topological polar surface area (TPSA) is 95.3 Å². The minimum atomic E-state index is -0.754. The standard InChI is InChI=1S/C25H29ClN6O3/c1-25(2,3)34-24(33)35-31-14-18-13-19(26)9-10-20(18)32-21(15-31)29-30-23(32)17-7-5-16(6-8-17)22-27-11-4-12-28-22/h4,9-13,16-17H,5-8,14-15H2,1-3H3/t16-,17+. The van der Waals surface area contributed by atoms with E-state index in [9.17, 15) is 4.79 Å². The predicted molar refractivity (Wildman–Crippen MR) is 129 cm³/mol. The maximum absolute atomic E-state index is 12.4. The second kappa shape index (κ2) is 9.54. The van der Waals surface area contributed by atoms with Gasteiger partial charge in [-0.3, -0.25) is 4.57 Å². The minimum Gasteiger partial charge on any atom is -0.427 e. The number of hydrogen-bond donors (Lipinski definition) is 0. The number of rotatable bonds is 3. The van der Waals surface area contributed by atoms with E-state index in [2.05, 4.69) is 24.7 Å². The molecule has 0 N–H and O–H groups in total. The van der Waals surface area contributed by atoms with Gasteiger partial charge >= 0.3 is 6.16 Å². The molecule has 2 aromatic heterocycles. The first-order valence-corrected chi connectivity index (χ1v) is 12.3. The summed E-state index contributed by atoms with van der Waals surface area (Å²) in [4.78, 5) is 26.8. The third-order valence-corrected chi connectivity index (χ3v) is 6.57. The lowest BCUT2D eigenvalue weighted by atomic mass is 9.81. The number of nitrogens with zero attached hydrogens (tertiary/aromatic N) is 6. The Morgan fingerprint density at radius 1 is 1.03 bits per heavy atom. The van der Waals surface area contributed by atoms with Crippen molar-refractivity contribution < 1.29 is 14.4 Å². The molecule has 10 heteroatoms. The Morgan fingerprint density at radius 3 is 2.46 bits per heavy atom. The smallest absolute Gasteiger partial charge is 0.427 e. The van der Waals surface area contributed by atoms with E-state index in [-0.39, 0.29) is 12.5 Å². The van der Waals surface area contributed by atoms with E-state index in [0.717, 1.165) is 48.6 Å². The van der Waals surface area contributed by atoms with Crippen molar-refractivity contribution in [1.82, 2.24) is 29.8 Å². The van der Waals surface area contributed by atoms with Crippen molar-refractivity contribution in [1.29, 1.82) is 0 Å². The van der Waals surface area contributed by atoms with Gasteiger partial charge in [-0.25, -0.2) is 14.8 Å². The van der Waals surface area contributed by atoms with E-state index in [1.165, 1.54) is 0 Å². The largest absolute Gasteiger partial charge is 0.528 e. The van der Waals surface area contributed by atoms with Crippen LogP contribution in [0, 0.1) is 0 Å². The van der Waals surface area contributed by atoms with Crippen molar-refractivity contribution in [3.63, 3.8) is 0 Å². The van der Waals surface area contributed by atoms with Crippen LogP contribution >= 0.6 is 11.6 Å². The summed E-state index contributed by atoms with van der Waals surface area (Å²) >= 11 is 6.33. The first kappa shape index (κ1) is 23.7. The van der Waals surface area contributed by atoms with Gasteiger partial charge in [0.05, 0.1) is 18.8 Å². The fraction of sp³-hybridized carbons (Fsp3) is 0.480. The number of fused-ring (bicyclic) bond motifs is 3. The molecule has 0 radical (unpaired) electrons. The lowest BCUT2D eigenvalue weighted by Gasteiger charge is -2.27. The Kier molecular flexibility index (Phi) is 6.46. The Labute approximate surface area is 209 Å². The van der Waals surface area contributed by atoms with Gasteiger partial charge in [0.25, 0.3) is 0 Å². The van der Waals surface area contributed by atoms with Gasteiger partial charge in [0.15, 0.2) is 5.82 Å². The Balaban J connectivity index is 1.41. The molecular formula is C25H29ClN6O3. The van der Waals surface area contributed by atoms with Crippen LogP contribution < -0.4 is 0 Å². The summed E-state index contributed by atoms with van der Waals surface area (Å²) in [6.45, 7) is 6.04. The second-order valence-electron chi connectivity index (χ2n) is 10.1. The van der Waals surface area contributed by atoms with E-state index < -0.39 is 11.8 Å². The molecule has 184 valence electrons. The third-order valence-electron chi connectivity index (χ3n) is 6.34. The molecule has 0 unspecified atom stereocenters. The highest BCUT2D eigenvalue weighted by molar-refractivity contribution is 6.30. The fourth-order valence-electron chi connectivity index (χ4n) is 4.83. The van der Waals surface area contributed by atoms with Crippen molar-refractivity contribution in [3.8, 4) is 5.69 Å². The number of ether oxygens (including phenoxy) is 1. The van der Waals surface area contributed by atoms with Gasteiger partial charge in [-0.15, -0.1) is 15.3 Å². The SMILES string of the molecule is CC(C)(C)OC(=O)ON1Cc2cc(Cl)ccc2-n2c(nnc2[C@H]2CC[C@@H](c3ncccn3)CC2)C1. The van der Waals surface area contributed by atoms with Crippen LogP contribution in [-0.4, -0.2) is 41.6 Å². The van der Waals surface area contributed by atoms with Crippen molar-refractivity contribution in [2.24, 2.45) is 0 Å². The molecule has 1 aliphatic heterocycles. The van der Waals surface area contributed by atoms with Crippen molar-refractivity contribution >= 4 is 17.8 Å². The molecule has 0 saturated heterocycles. The molecule has 9 nitrogen and oxygen atoms in total. The number of hydroxylamine groups is 2. The zero-order chi connectivity index (χ0) is 24.6. The molecule has 3 aromatic rings. The quantitative estimate of drug-likeness (QED) is 0.449. The van der Waals surface area contributed by atoms with Crippen LogP contribution in [0.5, 0.6) is 0 Å². The van der Waals surface area contributed by atoms with E-state index in [0.29, 0.717) is 23.3 Å². The van der Waals surface area contributed by atoms with Gasteiger partial charge in [0.1, 0.15) is 17.2 Å².